The van der Waals surface area contributed by atoms with Gasteiger partial charge in [-0.05, 0) is 38.5 Å². The molecule has 0 aliphatic carbocycles. The summed E-state index contributed by atoms with van der Waals surface area (Å²) in [6.07, 6.45) is 0. The van der Waals surface area contributed by atoms with Crippen LogP contribution in [0, 0.1) is 12.7 Å². The first-order valence-corrected chi connectivity index (χ1v) is 7.16. The summed E-state index contributed by atoms with van der Waals surface area (Å²) in [5, 5.41) is 4.94. The van der Waals surface area contributed by atoms with Crippen LogP contribution in [0.15, 0.2) is 18.2 Å². The molecule has 0 saturated carbocycles. The van der Waals surface area contributed by atoms with Gasteiger partial charge in [-0.3, -0.25) is 9.59 Å². The number of halogens is 1. The highest BCUT2D eigenvalue weighted by Crippen LogP contribution is 2.13. The van der Waals surface area contributed by atoms with Gasteiger partial charge in [0.05, 0.1) is 26.2 Å². The number of carbonyl (C=O) groups is 2. The maximum Gasteiger partial charge on any atom is 0.313 e. The number of rotatable bonds is 6. The van der Waals surface area contributed by atoms with Crippen molar-refractivity contribution in [1.82, 2.24) is 5.32 Å². The van der Waals surface area contributed by atoms with E-state index in [0.29, 0.717) is 12.1 Å². The standard InChI is InChI=1S/C15H22FN3O2/c1-4-19(5-2)9-8-17-14(20)15(21)18-12-7-6-11(3)13(16)10-12/h6-7,10H,4-5,8-9H2,1-3H3,(H,17,20)(H,18,21)/p+1. The van der Waals surface area contributed by atoms with Gasteiger partial charge in [0.2, 0.25) is 0 Å². The predicted octanol–water partition coefficient (Wildman–Crippen LogP) is 0.114. The number of likely N-dealkylation sites (N-methyl/N-ethyl adjacent to an activating group) is 1. The minimum atomic E-state index is -0.784. The Bertz CT molecular complexity index is 502. The fraction of sp³-hybridized carbons (Fsp3) is 0.467. The van der Waals surface area contributed by atoms with E-state index in [-0.39, 0.29) is 5.69 Å². The summed E-state index contributed by atoms with van der Waals surface area (Å²) in [5.74, 6) is -1.91. The highest BCUT2D eigenvalue weighted by Gasteiger charge is 2.14. The Morgan fingerprint density at radius 1 is 1.19 bits per heavy atom. The molecule has 0 aliphatic rings. The Hall–Kier alpha value is -1.95. The van der Waals surface area contributed by atoms with E-state index in [0.717, 1.165) is 19.6 Å². The zero-order chi connectivity index (χ0) is 15.8. The van der Waals surface area contributed by atoms with Crippen molar-refractivity contribution in [2.45, 2.75) is 20.8 Å². The SMILES string of the molecule is CC[NH+](CC)CCNC(=O)C(=O)Nc1ccc(C)c(F)c1. The van der Waals surface area contributed by atoms with Gasteiger partial charge in [-0.1, -0.05) is 6.07 Å². The molecule has 0 bridgehead atoms. The molecule has 1 rings (SSSR count). The Kier molecular flexibility index (Phi) is 6.81. The molecule has 0 atom stereocenters. The third kappa shape index (κ3) is 5.51. The van der Waals surface area contributed by atoms with E-state index in [4.69, 9.17) is 0 Å². The van der Waals surface area contributed by atoms with Gasteiger partial charge in [0.15, 0.2) is 0 Å². The third-order valence-electron chi connectivity index (χ3n) is 3.40. The zero-order valence-corrected chi connectivity index (χ0v) is 12.8. The Morgan fingerprint density at radius 2 is 1.86 bits per heavy atom. The van der Waals surface area contributed by atoms with Crippen molar-refractivity contribution in [2.24, 2.45) is 0 Å². The van der Waals surface area contributed by atoms with Gasteiger partial charge >= 0.3 is 11.8 Å². The number of hydrogen-bond donors (Lipinski definition) is 3. The Balaban J connectivity index is 2.44. The summed E-state index contributed by atoms with van der Waals surface area (Å²) >= 11 is 0. The van der Waals surface area contributed by atoms with E-state index in [2.05, 4.69) is 24.5 Å². The molecule has 0 radical (unpaired) electrons. The van der Waals surface area contributed by atoms with Crippen molar-refractivity contribution in [3.63, 3.8) is 0 Å². The van der Waals surface area contributed by atoms with Crippen LogP contribution < -0.4 is 15.5 Å². The number of nitrogens with one attached hydrogen (secondary N) is 3. The predicted molar refractivity (Wildman–Crippen MR) is 79.7 cm³/mol. The number of aryl methyl sites for hydroxylation is 1. The van der Waals surface area contributed by atoms with E-state index < -0.39 is 17.6 Å². The lowest BCUT2D eigenvalue weighted by Gasteiger charge is -2.15. The lowest BCUT2D eigenvalue weighted by Crippen LogP contribution is -3.12. The van der Waals surface area contributed by atoms with Crippen molar-refractivity contribution in [1.29, 1.82) is 0 Å². The van der Waals surface area contributed by atoms with E-state index in [1.807, 2.05) is 0 Å². The van der Waals surface area contributed by atoms with Crippen LogP contribution in [-0.4, -0.2) is 38.0 Å². The molecule has 0 aromatic heterocycles. The maximum atomic E-state index is 13.3. The molecule has 2 amide bonds. The second kappa shape index (κ2) is 8.36. The first-order chi connectivity index (χ1) is 9.97. The molecular formula is C15H23FN3O2+. The van der Waals surface area contributed by atoms with Crippen molar-refractivity contribution < 1.29 is 18.9 Å². The molecular weight excluding hydrogens is 273 g/mol. The summed E-state index contributed by atoms with van der Waals surface area (Å²) in [5.41, 5.74) is 0.757. The summed E-state index contributed by atoms with van der Waals surface area (Å²) in [6.45, 7) is 8.92. The molecule has 0 fully saturated rings. The monoisotopic (exact) mass is 296 g/mol. The summed E-state index contributed by atoms with van der Waals surface area (Å²) in [4.78, 5) is 24.6. The van der Waals surface area contributed by atoms with Crippen LogP contribution in [0.25, 0.3) is 0 Å². The number of hydrogen-bond acceptors (Lipinski definition) is 2. The van der Waals surface area contributed by atoms with Gasteiger partial charge in [-0.15, -0.1) is 0 Å². The molecule has 1 aromatic rings. The Morgan fingerprint density at radius 3 is 2.43 bits per heavy atom. The van der Waals surface area contributed by atoms with Crippen LogP contribution in [0.2, 0.25) is 0 Å². The number of quaternary nitrogens is 1. The second-order valence-electron chi connectivity index (χ2n) is 4.88. The molecule has 0 saturated heterocycles. The van der Waals surface area contributed by atoms with Crippen LogP contribution >= 0.6 is 0 Å². The van der Waals surface area contributed by atoms with Crippen molar-refractivity contribution in [3.05, 3.63) is 29.6 Å². The molecule has 1 aromatic carbocycles. The quantitative estimate of drug-likeness (QED) is 0.653. The van der Waals surface area contributed by atoms with Gasteiger partial charge in [0.25, 0.3) is 0 Å². The molecule has 0 spiro atoms. The van der Waals surface area contributed by atoms with Crippen molar-refractivity contribution in [2.75, 3.05) is 31.5 Å². The average Bonchev–Trinajstić information content (AvgIpc) is 2.47. The van der Waals surface area contributed by atoms with Crippen LogP contribution in [0.4, 0.5) is 10.1 Å². The van der Waals surface area contributed by atoms with Crippen molar-refractivity contribution >= 4 is 17.5 Å². The van der Waals surface area contributed by atoms with Gasteiger partial charge in [0, 0.05) is 5.69 Å². The first kappa shape index (κ1) is 17.1. The fourth-order valence-electron chi connectivity index (χ4n) is 1.90. The molecule has 0 unspecified atom stereocenters. The van der Waals surface area contributed by atoms with Crippen LogP contribution in [0.5, 0.6) is 0 Å². The van der Waals surface area contributed by atoms with E-state index in [9.17, 15) is 14.0 Å². The summed E-state index contributed by atoms with van der Waals surface area (Å²) < 4.78 is 13.3. The van der Waals surface area contributed by atoms with E-state index >= 15 is 0 Å². The number of amides is 2. The molecule has 116 valence electrons. The lowest BCUT2D eigenvalue weighted by atomic mass is 10.2. The lowest BCUT2D eigenvalue weighted by molar-refractivity contribution is -0.895. The molecule has 0 aliphatic heterocycles. The topological polar surface area (TPSA) is 62.6 Å². The van der Waals surface area contributed by atoms with E-state index in [1.54, 1.807) is 19.1 Å². The highest BCUT2D eigenvalue weighted by molar-refractivity contribution is 6.39. The van der Waals surface area contributed by atoms with Gasteiger partial charge < -0.3 is 15.5 Å². The fourth-order valence-corrected chi connectivity index (χ4v) is 1.90. The summed E-state index contributed by atoms with van der Waals surface area (Å²) in [7, 11) is 0. The molecule has 5 nitrogen and oxygen atoms in total. The summed E-state index contributed by atoms with van der Waals surface area (Å²) in [6, 6.07) is 4.30. The van der Waals surface area contributed by atoms with E-state index in [1.165, 1.54) is 11.0 Å². The van der Waals surface area contributed by atoms with Gasteiger partial charge in [0.1, 0.15) is 5.82 Å². The number of carbonyl (C=O) groups excluding carboxylic acids is 2. The number of benzene rings is 1. The smallest absolute Gasteiger partial charge is 0.313 e. The number of anilines is 1. The normalized spacial score (nSPS) is 10.5. The molecule has 6 heteroatoms. The molecule has 3 N–H and O–H groups in total. The minimum absolute atomic E-state index is 0.271. The van der Waals surface area contributed by atoms with Crippen LogP contribution in [0.1, 0.15) is 19.4 Å². The minimum Gasteiger partial charge on any atom is -0.342 e. The molecule has 0 heterocycles. The first-order valence-electron chi connectivity index (χ1n) is 7.16. The van der Waals surface area contributed by atoms with Crippen LogP contribution in [-0.2, 0) is 9.59 Å². The second-order valence-corrected chi connectivity index (χ2v) is 4.88. The Labute approximate surface area is 124 Å². The molecule has 21 heavy (non-hydrogen) atoms. The third-order valence-corrected chi connectivity index (χ3v) is 3.40. The van der Waals surface area contributed by atoms with Gasteiger partial charge in [-0.25, -0.2) is 4.39 Å². The van der Waals surface area contributed by atoms with Crippen molar-refractivity contribution in [3.8, 4) is 0 Å². The highest BCUT2D eigenvalue weighted by atomic mass is 19.1. The largest absolute Gasteiger partial charge is 0.342 e. The van der Waals surface area contributed by atoms with Crippen LogP contribution in [0.3, 0.4) is 0 Å². The maximum absolute atomic E-state index is 13.3. The zero-order valence-electron chi connectivity index (χ0n) is 12.8. The van der Waals surface area contributed by atoms with Gasteiger partial charge in [-0.2, -0.15) is 0 Å². The average molecular weight is 296 g/mol.